The maximum atomic E-state index is 10.4. The molecule has 1 aromatic rings. The predicted molar refractivity (Wildman–Crippen MR) is 59.0 cm³/mol. The molecule has 0 aliphatic heterocycles. The first kappa shape index (κ1) is 13.9. The monoisotopic (exact) mass is 231 g/mol. The van der Waals surface area contributed by atoms with Crippen LogP contribution in [0.15, 0.2) is 30.3 Å². The van der Waals surface area contributed by atoms with Crippen LogP contribution in [0.3, 0.4) is 0 Å². The van der Waals surface area contributed by atoms with Crippen LogP contribution in [0.5, 0.6) is 0 Å². The second-order valence-corrected chi connectivity index (χ2v) is 3.14. The summed E-state index contributed by atoms with van der Waals surface area (Å²) < 4.78 is 0. The minimum absolute atomic E-state index is 0. The average Bonchev–Trinajstić information content (AvgIpc) is 2.18. The normalized spacial score (nSPS) is 13.7. The van der Waals surface area contributed by atoms with Crippen LogP contribution in [0.1, 0.15) is 5.56 Å². The van der Waals surface area contributed by atoms with Gasteiger partial charge in [-0.15, -0.1) is 12.4 Å². The van der Waals surface area contributed by atoms with Gasteiger partial charge in [-0.05, 0) is 12.0 Å². The van der Waals surface area contributed by atoms with E-state index in [0.29, 0.717) is 6.42 Å². The smallest absolute Gasteiger partial charge is 0.334 e. The van der Waals surface area contributed by atoms with Crippen LogP contribution < -0.4 is 5.73 Å². The molecule has 0 radical (unpaired) electrons. The first-order valence-electron chi connectivity index (χ1n) is 4.31. The fraction of sp³-hybridized carbons (Fsp3) is 0.300. The average molecular weight is 232 g/mol. The number of aliphatic hydroxyl groups excluding tert-OH is 1. The molecule has 0 spiro atoms. The molecule has 0 fully saturated rings. The molecule has 0 unspecified atom stereocenters. The van der Waals surface area contributed by atoms with E-state index in [1.165, 1.54) is 0 Å². The maximum absolute atomic E-state index is 10.4. The standard InChI is InChI=1S/C10H13NO3.ClH/c11-8(9(12)10(13)14)6-7-4-2-1-3-5-7;/h1-5,8-9,12H,6,11H2,(H,13,14);1H/t8-,9+;/m0./s1. The molecule has 84 valence electrons. The second kappa shape index (κ2) is 6.40. The van der Waals surface area contributed by atoms with Crippen LogP contribution in [0.2, 0.25) is 0 Å². The van der Waals surface area contributed by atoms with Gasteiger partial charge in [-0.3, -0.25) is 0 Å². The van der Waals surface area contributed by atoms with Crippen molar-refractivity contribution < 1.29 is 15.0 Å². The summed E-state index contributed by atoms with van der Waals surface area (Å²) in [5.41, 5.74) is 6.44. The van der Waals surface area contributed by atoms with Gasteiger partial charge in [-0.2, -0.15) is 0 Å². The van der Waals surface area contributed by atoms with Gasteiger partial charge in [0.2, 0.25) is 0 Å². The molecule has 4 nitrogen and oxygen atoms in total. The number of nitrogens with two attached hydrogens (primary N) is 1. The van der Waals surface area contributed by atoms with Crippen molar-refractivity contribution in [1.29, 1.82) is 0 Å². The SMILES string of the molecule is Cl.N[C@@H](Cc1ccccc1)[C@@H](O)C(=O)O. The summed E-state index contributed by atoms with van der Waals surface area (Å²) in [5.74, 6) is -1.28. The fourth-order valence-corrected chi connectivity index (χ4v) is 1.18. The molecule has 4 N–H and O–H groups in total. The van der Waals surface area contributed by atoms with Gasteiger partial charge in [0.1, 0.15) is 0 Å². The Balaban J connectivity index is 0.00000196. The molecule has 2 atom stereocenters. The zero-order chi connectivity index (χ0) is 10.6. The lowest BCUT2D eigenvalue weighted by atomic mass is 10.0. The fourth-order valence-electron chi connectivity index (χ4n) is 1.18. The molecule has 15 heavy (non-hydrogen) atoms. The van der Waals surface area contributed by atoms with E-state index in [-0.39, 0.29) is 12.4 Å². The zero-order valence-corrected chi connectivity index (χ0v) is 8.85. The lowest BCUT2D eigenvalue weighted by molar-refractivity contribution is -0.147. The Kier molecular flexibility index (Phi) is 5.93. The number of halogens is 1. The Hall–Kier alpha value is -1.10. The highest BCUT2D eigenvalue weighted by atomic mass is 35.5. The molecule has 1 rings (SSSR count). The zero-order valence-electron chi connectivity index (χ0n) is 8.04. The topological polar surface area (TPSA) is 83.5 Å². The number of benzene rings is 1. The second-order valence-electron chi connectivity index (χ2n) is 3.14. The van der Waals surface area contributed by atoms with Gasteiger partial charge in [0.05, 0.1) is 0 Å². The van der Waals surface area contributed by atoms with Gasteiger partial charge >= 0.3 is 5.97 Å². The Morgan fingerprint density at radius 1 is 1.33 bits per heavy atom. The summed E-state index contributed by atoms with van der Waals surface area (Å²) in [6.07, 6.45) is -1.15. The molecule has 0 aliphatic carbocycles. The van der Waals surface area contributed by atoms with Gasteiger partial charge < -0.3 is 15.9 Å². The van der Waals surface area contributed by atoms with Crippen LogP contribution >= 0.6 is 12.4 Å². The first-order valence-corrected chi connectivity index (χ1v) is 4.31. The molecule has 0 saturated carbocycles. The van der Waals surface area contributed by atoms with Crippen molar-refractivity contribution in [2.75, 3.05) is 0 Å². The summed E-state index contributed by atoms with van der Waals surface area (Å²) in [5, 5.41) is 17.6. The number of hydrogen-bond acceptors (Lipinski definition) is 3. The summed E-state index contributed by atoms with van der Waals surface area (Å²) in [6.45, 7) is 0. The predicted octanol–water partition coefficient (Wildman–Crippen LogP) is 0.424. The molecule has 0 saturated heterocycles. The van der Waals surface area contributed by atoms with E-state index in [1.54, 1.807) is 0 Å². The third-order valence-electron chi connectivity index (χ3n) is 1.97. The highest BCUT2D eigenvalue weighted by molar-refractivity contribution is 5.85. The van der Waals surface area contributed by atoms with Gasteiger partial charge in [-0.25, -0.2) is 4.79 Å². The van der Waals surface area contributed by atoms with Crippen molar-refractivity contribution in [3.63, 3.8) is 0 Å². The Morgan fingerprint density at radius 3 is 2.33 bits per heavy atom. The highest BCUT2D eigenvalue weighted by Crippen LogP contribution is 2.04. The number of aliphatic carboxylic acids is 1. The largest absolute Gasteiger partial charge is 0.479 e. The number of hydrogen-bond donors (Lipinski definition) is 3. The van der Waals surface area contributed by atoms with Crippen molar-refractivity contribution in [2.45, 2.75) is 18.6 Å². The molecule has 0 aliphatic rings. The minimum Gasteiger partial charge on any atom is -0.479 e. The van der Waals surface area contributed by atoms with Crippen LogP contribution in [0.4, 0.5) is 0 Å². The van der Waals surface area contributed by atoms with Crippen molar-refractivity contribution >= 4 is 18.4 Å². The van der Waals surface area contributed by atoms with E-state index in [9.17, 15) is 4.79 Å². The van der Waals surface area contributed by atoms with E-state index >= 15 is 0 Å². The Morgan fingerprint density at radius 2 is 1.87 bits per heavy atom. The Labute approximate surface area is 94.1 Å². The van der Waals surface area contributed by atoms with E-state index < -0.39 is 18.1 Å². The van der Waals surface area contributed by atoms with Crippen molar-refractivity contribution in [2.24, 2.45) is 5.73 Å². The van der Waals surface area contributed by atoms with E-state index in [1.807, 2.05) is 30.3 Å². The lowest BCUT2D eigenvalue weighted by Crippen LogP contribution is -2.41. The summed E-state index contributed by atoms with van der Waals surface area (Å²) in [6, 6.07) is 8.46. The Bertz CT molecular complexity index is 305. The summed E-state index contributed by atoms with van der Waals surface area (Å²) in [7, 11) is 0. The molecular weight excluding hydrogens is 218 g/mol. The summed E-state index contributed by atoms with van der Waals surface area (Å²) in [4.78, 5) is 10.4. The summed E-state index contributed by atoms with van der Waals surface area (Å²) >= 11 is 0. The van der Waals surface area contributed by atoms with E-state index in [2.05, 4.69) is 0 Å². The third-order valence-corrected chi connectivity index (χ3v) is 1.97. The molecular formula is C10H14ClNO3. The van der Waals surface area contributed by atoms with Crippen LogP contribution in [0.25, 0.3) is 0 Å². The minimum atomic E-state index is -1.50. The molecule has 0 heterocycles. The number of aliphatic hydroxyl groups is 1. The number of carboxylic acids is 1. The number of rotatable bonds is 4. The lowest BCUT2D eigenvalue weighted by Gasteiger charge is -2.14. The first-order chi connectivity index (χ1) is 6.61. The molecule has 0 bridgehead atoms. The van der Waals surface area contributed by atoms with Gasteiger partial charge in [0.15, 0.2) is 6.10 Å². The molecule has 5 heteroatoms. The van der Waals surface area contributed by atoms with E-state index in [0.717, 1.165) is 5.56 Å². The van der Waals surface area contributed by atoms with Crippen LogP contribution in [0, 0.1) is 0 Å². The quantitative estimate of drug-likeness (QED) is 0.702. The number of carboxylic acid groups (broad SMARTS) is 1. The van der Waals surface area contributed by atoms with Crippen molar-refractivity contribution in [3.05, 3.63) is 35.9 Å². The maximum Gasteiger partial charge on any atom is 0.334 e. The molecule has 0 amide bonds. The van der Waals surface area contributed by atoms with Crippen LogP contribution in [-0.2, 0) is 11.2 Å². The number of carbonyl (C=O) groups is 1. The molecule has 1 aromatic carbocycles. The van der Waals surface area contributed by atoms with Crippen LogP contribution in [-0.4, -0.2) is 28.3 Å². The van der Waals surface area contributed by atoms with E-state index in [4.69, 9.17) is 15.9 Å². The highest BCUT2D eigenvalue weighted by Gasteiger charge is 2.21. The van der Waals surface area contributed by atoms with Gasteiger partial charge in [0, 0.05) is 6.04 Å². The van der Waals surface area contributed by atoms with Gasteiger partial charge in [-0.1, -0.05) is 30.3 Å². The van der Waals surface area contributed by atoms with Crippen molar-refractivity contribution in [1.82, 2.24) is 0 Å². The molecule has 0 aromatic heterocycles. The third kappa shape index (κ3) is 4.29. The van der Waals surface area contributed by atoms with Gasteiger partial charge in [0.25, 0.3) is 0 Å². The van der Waals surface area contributed by atoms with Crippen molar-refractivity contribution in [3.8, 4) is 0 Å².